The van der Waals surface area contributed by atoms with Gasteiger partial charge in [0.2, 0.25) is 0 Å². The zero-order chi connectivity index (χ0) is 15.6. The van der Waals surface area contributed by atoms with Crippen LogP contribution in [0.5, 0.6) is 5.75 Å². The minimum absolute atomic E-state index is 0.219. The first-order valence-electron chi connectivity index (χ1n) is 6.96. The Labute approximate surface area is 131 Å². The smallest absolute Gasteiger partial charge is 0.131 e. The van der Waals surface area contributed by atoms with Gasteiger partial charge in [0.15, 0.2) is 0 Å². The summed E-state index contributed by atoms with van der Waals surface area (Å²) in [6.45, 7) is 4.90. The predicted molar refractivity (Wildman–Crippen MR) is 85.8 cm³/mol. The van der Waals surface area contributed by atoms with Gasteiger partial charge in [-0.1, -0.05) is 29.8 Å². The number of halogens is 1. The summed E-state index contributed by atoms with van der Waals surface area (Å²) in [6.07, 6.45) is 0. The minimum atomic E-state index is 0.219. The lowest BCUT2D eigenvalue weighted by molar-refractivity contribution is 0.246. The van der Waals surface area contributed by atoms with Gasteiger partial charge >= 0.3 is 0 Å². The van der Waals surface area contributed by atoms with Gasteiger partial charge in [-0.15, -0.1) is 0 Å². The van der Waals surface area contributed by atoms with Gasteiger partial charge in [0.25, 0.3) is 0 Å². The summed E-state index contributed by atoms with van der Waals surface area (Å²) in [4.78, 5) is 2.24. The lowest BCUT2D eigenvalue weighted by Gasteiger charge is -2.26. The Morgan fingerprint density at radius 3 is 2.62 bits per heavy atom. The first kappa shape index (κ1) is 15.9. The molecule has 0 radical (unpaired) electrons. The minimum Gasteiger partial charge on any atom is -0.496 e. The van der Waals surface area contributed by atoms with Crippen molar-refractivity contribution in [2.45, 2.75) is 26.4 Å². The van der Waals surface area contributed by atoms with Crippen molar-refractivity contribution in [2.24, 2.45) is 7.05 Å². The third kappa shape index (κ3) is 3.22. The third-order valence-corrected chi connectivity index (χ3v) is 4.40. The average Bonchev–Trinajstić information content (AvgIpc) is 2.72. The third-order valence-electron chi connectivity index (χ3n) is 3.93. The molecule has 0 amide bonds. The number of hydrogen-bond donors (Lipinski definition) is 0. The molecule has 2 rings (SSSR count). The number of nitrogens with zero attached hydrogens (tertiary/aromatic N) is 3. The number of aryl methyl sites for hydroxylation is 2. The molecule has 5 heteroatoms. The quantitative estimate of drug-likeness (QED) is 0.846. The van der Waals surface area contributed by atoms with Gasteiger partial charge < -0.3 is 4.74 Å². The number of methoxy groups -OCH3 is 1. The Kier molecular flexibility index (Phi) is 4.91. The largest absolute Gasteiger partial charge is 0.496 e. The van der Waals surface area contributed by atoms with E-state index in [0.717, 1.165) is 23.6 Å². The van der Waals surface area contributed by atoms with E-state index in [-0.39, 0.29) is 6.04 Å². The Balaban J connectivity index is 2.21. The van der Waals surface area contributed by atoms with Gasteiger partial charge in [-0.2, -0.15) is 5.10 Å². The molecule has 1 atom stereocenters. The van der Waals surface area contributed by atoms with E-state index in [1.54, 1.807) is 11.8 Å². The van der Waals surface area contributed by atoms with Gasteiger partial charge in [-0.3, -0.25) is 9.58 Å². The zero-order valence-electron chi connectivity index (χ0n) is 13.2. The van der Waals surface area contributed by atoms with Crippen LogP contribution in [0.15, 0.2) is 24.3 Å². The normalized spacial score (nSPS) is 12.7. The number of hydrogen-bond acceptors (Lipinski definition) is 3. The molecule has 0 N–H and O–H groups in total. The molecular weight excluding hydrogens is 286 g/mol. The van der Waals surface area contributed by atoms with Crippen LogP contribution in [-0.4, -0.2) is 28.8 Å². The van der Waals surface area contributed by atoms with Crippen LogP contribution in [0.3, 0.4) is 0 Å². The fourth-order valence-electron chi connectivity index (χ4n) is 2.49. The molecule has 0 saturated carbocycles. The second-order valence-corrected chi connectivity index (χ2v) is 5.67. The van der Waals surface area contributed by atoms with E-state index in [4.69, 9.17) is 16.3 Å². The maximum absolute atomic E-state index is 6.32. The maximum atomic E-state index is 6.32. The molecule has 0 aliphatic rings. The second-order valence-electron chi connectivity index (χ2n) is 5.31. The molecular formula is C16H22ClN3O. The van der Waals surface area contributed by atoms with Crippen molar-refractivity contribution in [1.82, 2.24) is 14.7 Å². The van der Waals surface area contributed by atoms with Crippen molar-refractivity contribution in [1.29, 1.82) is 0 Å². The summed E-state index contributed by atoms with van der Waals surface area (Å²) in [6, 6.07) is 8.32. The molecule has 0 fully saturated rings. The lowest BCUT2D eigenvalue weighted by Crippen LogP contribution is -2.22. The van der Waals surface area contributed by atoms with E-state index in [2.05, 4.69) is 30.0 Å². The van der Waals surface area contributed by atoms with Crippen LogP contribution in [0, 0.1) is 6.92 Å². The van der Waals surface area contributed by atoms with Crippen molar-refractivity contribution in [3.05, 3.63) is 46.2 Å². The number of aromatic nitrogens is 2. The summed E-state index contributed by atoms with van der Waals surface area (Å²) in [5.41, 5.74) is 3.21. The van der Waals surface area contributed by atoms with Gasteiger partial charge in [0, 0.05) is 30.8 Å². The summed E-state index contributed by atoms with van der Waals surface area (Å²) < 4.78 is 7.17. The van der Waals surface area contributed by atoms with Crippen molar-refractivity contribution in [2.75, 3.05) is 14.2 Å². The first-order chi connectivity index (χ1) is 9.95. The molecule has 4 nitrogen and oxygen atoms in total. The highest BCUT2D eigenvalue weighted by atomic mass is 35.5. The number of para-hydroxylation sites is 1. The molecule has 1 aromatic carbocycles. The second kappa shape index (κ2) is 6.50. The standard InChI is InChI=1S/C16H22ClN3O/c1-11-14(16(17)20(4)18-11)10-19(3)12(2)13-8-6-7-9-15(13)21-5/h6-9,12H,10H2,1-5H3/t12-/m1/s1. The van der Waals surface area contributed by atoms with Crippen LogP contribution in [0.1, 0.15) is 29.8 Å². The first-order valence-corrected chi connectivity index (χ1v) is 7.34. The molecule has 21 heavy (non-hydrogen) atoms. The summed E-state index contributed by atoms with van der Waals surface area (Å²) >= 11 is 6.32. The van der Waals surface area contributed by atoms with Crippen LogP contribution in [-0.2, 0) is 13.6 Å². The van der Waals surface area contributed by atoms with Gasteiger partial charge in [0.05, 0.1) is 12.8 Å². The van der Waals surface area contributed by atoms with Gasteiger partial charge in [-0.05, 0) is 27.0 Å². The Hall–Kier alpha value is -1.52. The molecule has 0 bridgehead atoms. The van der Waals surface area contributed by atoms with E-state index in [9.17, 15) is 0 Å². The lowest BCUT2D eigenvalue weighted by atomic mass is 10.1. The molecule has 2 aromatic rings. The van der Waals surface area contributed by atoms with E-state index in [1.807, 2.05) is 32.2 Å². The average molecular weight is 308 g/mol. The van der Waals surface area contributed by atoms with E-state index >= 15 is 0 Å². The molecule has 1 aromatic heterocycles. The Morgan fingerprint density at radius 1 is 1.38 bits per heavy atom. The fourth-order valence-corrected chi connectivity index (χ4v) is 2.72. The number of benzene rings is 1. The Morgan fingerprint density at radius 2 is 2.05 bits per heavy atom. The topological polar surface area (TPSA) is 30.3 Å². The molecule has 0 saturated heterocycles. The van der Waals surface area contributed by atoms with E-state index in [1.165, 1.54) is 5.56 Å². The predicted octanol–water partition coefficient (Wildman–Crippen LogP) is 3.58. The van der Waals surface area contributed by atoms with Crippen LogP contribution in [0.4, 0.5) is 0 Å². The van der Waals surface area contributed by atoms with Gasteiger partial charge in [0.1, 0.15) is 10.9 Å². The highest BCUT2D eigenvalue weighted by Crippen LogP contribution is 2.30. The van der Waals surface area contributed by atoms with Gasteiger partial charge in [-0.25, -0.2) is 0 Å². The molecule has 1 heterocycles. The molecule has 0 aliphatic carbocycles. The van der Waals surface area contributed by atoms with Crippen molar-refractivity contribution < 1.29 is 4.74 Å². The van der Waals surface area contributed by atoms with Crippen LogP contribution < -0.4 is 4.74 Å². The summed E-state index contributed by atoms with van der Waals surface area (Å²) in [5, 5.41) is 5.06. The summed E-state index contributed by atoms with van der Waals surface area (Å²) in [7, 11) is 5.65. The maximum Gasteiger partial charge on any atom is 0.131 e. The molecule has 0 unspecified atom stereocenters. The van der Waals surface area contributed by atoms with Crippen molar-refractivity contribution >= 4 is 11.6 Å². The van der Waals surface area contributed by atoms with Crippen molar-refractivity contribution in [3.8, 4) is 5.75 Å². The highest BCUT2D eigenvalue weighted by Gasteiger charge is 2.19. The fraction of sp³-hybridized carbons (Fsp3) is 0.438. The Bertz CT molecular complexity index is 624. The van der Waals surface area contributed by atoms with Crippen molar-refractivity contribution in [3.63, 3.8) is 0 Å². The zero-order valence-corrected chi connectivity index (χ0v) is 14.0. The number of rotatable bonds is 5. The summed E-state index contributed by atoms with van der Waals surface area (Å²) in [5.74, 6) is 0.908. The van der Waals surface area contributed by atoms with Crippen LogP contribution in [0.2, 0.25) is 5.15 Å². The monoisotopic (exact) mass is 307 g/mol. The van der Waals surface area contributed by atoms with Crippen LogP contribution in [0.25, 0.3) is 0 Å². The molecule has 0 spiro atoms. The number of ether oxygens (including phenoxy) is 1. The van der Waals surface area contributed by atoms with E-state index in [0.29, 0.717) is 5.15 Å². The molecule has 114 valence electrons. The van der Waals surface area contributed by atoms with E-state index < -0.39 is 0 Å². The molecule has 0 aliphatic heterocycles. The van der Waals surface area contributed by atoms with Crippen LogP contribution >= 0.6 is 11.6 Å². The SMILES string of the molecule is COc1ccccc1[C@@H](C)N(C)Cc1c(C)nn(C)c1Cl. The highest BCUT2D eigenvalue weighted by molar-refractivity contribution is 6.30.